The zero-order valence-corrected chi connectivity index (χ0v) is 13.0. The van der Waals surface area contributed by atoms with Crippen LogP contribution in [0.25, 0.3) is 6.08 Å². The average Bonchev–Trinajstić information content (AvgIpc) is 2.86. The number of carbonyl (C=O) groups is 2. The number of carbonyl (C=O) groups excluding carboxylic acids is 1. The Bertz CT molecular complexity index is 721. The summed E-state index contributed by atoms with van der Waals surface area (Å²) >= 11 is 0. The summed E-state index contributed by atoms with van der Waals surface area (Å²) in [6.45, 7) is 9.41. The number of aryl methyl sites for hydroxylation is 1. The number of hydrogen-bond acceptors (Lipinski definition) is 2. The van der Waals surface area contributed by atoms with E-state index in [-0.39, 0.29) is 12.3 Å². The fraction of sp³-hybridized carbons (Fsp3) is 0.294. The predicted octanol–water partition coefficient (Wildman–Crippen LogP) is 2.62. The van der Waals surface area contributed by atoms with Crippen LogP contribution in [0.1, 0.15) is 35.9 Å². The number of carboxylic acids is 1. The molecule has 0 radical (unpaired) electrons. The fourth-order valence-corrected chi connectivity index (χ4v) is 2.70. The van der Waals surface area contributed by atoms with E-state index in [4.69, 9.17) is 5.11 Å². The van der Waals surface area contributed by atoms with Gasteiger partial charge < -0.3 is 15.4 Å². The van der Waals surface area contributed by atoms with Gasteiger partial charge in [0.05, 0.1) is 0 Å². The van der Waals surface area contributed by atoms with Crippen LogP contribution in [-0.4, -0.2) is 22.0 Å². The van der Waals surface area contributed by atoms with Crippen LogP contribution in [0.2, 0.25) is 0 Å². The highest BCUT2D eigenvalue weighted by molar-refractivity contribution is 6.03. The first-order chi connectivity index (χ1) is 10.3. The Balaban J connectivity index is 2.35. The Labute approximate surface area is 129 Å². The van der Waals surface area contributed by atoms with Gasteiger partial charge in [-0.1, -0.05) is 12.7 Å². The van der Waals surface area contributed by atoms with Gasteiger partial charge in [-0.05, 0) is 50.0 Å². The molecule has 22 heavy (non-hydrogen) atoms. The molecule has 0 spiro atoms. The third-order valence-corrected chi connectivity index (χ3v) is 4.01. The molecule has 1 aromatic heterocycles. The predicted molar refractivity (Wildman–Crippen MR) is 85.2 cm³/mol. The monoisotopic (exact) mass is 300 g/mol. The molecule has 1 aliphatic rings. The molecular formula is C17H20N2O3. The lowest BCUT2D eigenvalue weighted by Gasteiger charge is -2.02. The molecule has 0 fully saturated rings. The minimum absolute atomic E-state index is 0.103. The van der Waals surface area contributed by atoms with Crippen LogP contribution in [0.3, 0.4) is 0 Å². The van der Waals surface area contributed by atoms with Crippen molar-refractivity contribution < 1.29 is 14.7 Å². The first-order valence-electron chi connectivity index (χ1n) is 7.11. The van der Waals surface area contributed by atoms with Gasteiger partial charge in [0.15, 0.2) is 0 Å². The highest BCUT2D eigenvalue weighted by atomic mass is 16.4. The lowest BCUT2D eigenvalue weighted by Crippen LogP contribution is -2.15. The molecule has 0 saturated heterocycles. The van der Waals surface area contributed by atoms with E-state index < -0.39 is 5.97 Å². The minimum atomic E-state index is -0.808. The maximum absolute atomic E-state index is 11.8. The molecule has 2 rings (SSSR count). The van der Waals surface area contributed by atoms with Crippen molar-refractivity contribution in [3.63, 3.8) is 0 Å². The highest BCUT2D eigenvalue weighted by Crippen LogP contribution is 2.26. The van der Waals surface area contributed by atoms with E-state index in [9.17, 15) is 9.59 Å². The fourth-order valence-electron chi connectivity index (χ4n) is 2.70. The first-order valence-corrected chi connectivity index (χ1v) is 7.11. The molecule has 1 amide bonds. The maximum atomic E-state index is 11.8. The summed E-state index contributed by atoms with van der Waals surface area (Å²) in [4.78, 5) is 25.8. The molecular weight excluding hydrogens is 280 g/mol. The second-order valence-corrected chi connectivity index (χ2v) is 5.42. The molecule has 2 heterocycles. The molecule has 3 N–H and O–H groups in total. The van der Waals surface area contributed by atoms with Crippen LogP contribution >= 0.6 is 0 Å². The van der Waals surface area contributed by atoms with Crippen LogP contribution in [0, 0.1) is 13.8 Å². The summed E-state index contributed by atoms with van der Waals surface area (Å²) in [6, 6.07) is 0. The van der Waals surface area contributed by atoms with Crippen molar-refractivity contribution in [2.45, 2.75) is 33.6 Å². The quantitative estimate of drug-likeness (QED) is 0.781. The Morgan fingerprint density at radius 3 is 2.55 bits per heavy atom. The molecule has 0 aromatic carbocycles. The summed E-state index contributed by atoms with van der Waals surface area (Å²) in [5.74, 6) is -0.955. The molecule has 0 aliphatic carbocycles. The maximum Gasteiger partial charge on any atom is 0.303 e. The Hall–Kier alpha value is -2.56. The minimum Gasteiger partial charge on any atom is -0.481 e. The van der Waals surface area contributed by atoms with E-state index in [0.717, 1.165) is 33.8 Å². The first kappa shape index (κ1) is 15.8. The number of carboxylic acid groups (broad SMARTS) is 1. The Morgan fingerprint density at radius 1 is 1.32 bits per heavy atom. The number of aliphatic carboxylic acids is 1. The van der Waals surface area contributed by atoms with Crippen LogP contribution in [0.5, 0.6) is 0 Å². The third kappa shape index (κ3) is 2.88. The molecule has 0 saturated carbocycles. The van der Waals surface area contributed by atoms with Crippen molar-refractivity contribution in [1.29, 1.82) is 0 Å². The van der Waals surface area contributed by atoms with Gasteiger partial charge in [-0.25, -0.2) is 0 Å². The SMILES string of the molecule is C=CC1=C(C)/C(=C/c2[nH]c(C)c(CCC(=O)O)c2C)NC1=O. The van der Waals surface area contributed by atoms with E-state index in [1.54, 1.807) is 6.08 Å². The van der Waals surface area contributed by atoms with Gasteiger partial charge in [-0.2, -0.15) is 0 Å². The van der Waals surface area contributed by atoms with E-state index in [2.05, 4.69) is 16.9 Å². The molecule has 0 atom stereocenters. The Kier molecular flexibility index (Phi) is 4.35. The summed E-state index contributed by atoms with van der Waals surface area (Å²) in [6.07, 6.45) is 4.03. The number of hydrogen-bond donors (Lipinski definition) is 3. The third-order valence-electron chi connectivity index (χ3n) is 4.01. The van der Waals surface area contributed by atoms with Crippen molar-refractivity contribution in [2.75, 3.05) is 0 Å². The molecule has 1 aliphatic heterocycles. The topological polar surface area (TPSA) is 82.2 Å². The van der Waals surface area contributed by atoms with E-state index in [0.29, 0.717) is 12.0 Å². The lowest BCUT2D eigenvalue weighted by molar-refractivity contribution is -0.137. The van der Waals surface area contributed by atoms with Crippen molar-refractivity contribution in [2.24, 2.45) is 0 Å². The van der Waals surface area contributed by atoms with Gasteiger partial charge in [0.1, 0.15) is 0 Å². The number of aromatic nitrogens is 1. The number of nitrogens with one attached hydrogen (secondary N) is 2. The number of H-pyrrole nitrogens is 1. The summed E-state index contributed by atoms with van der Waals surface area (Å²) in [5, 5.41) is 11.7. The number of rotatable bonds is 5. The van der Waals surface area contributed by atoms with E-state index in [1.165, 1.54) is 0 Å². The van der Waals surface area contributed by atoms with Crippen molar-refractivity contribution in [3.8, 4) is 0 Å². The highest BCUT2D eigenvalue weighted by Gasteiger charge is 2.22. The average molecular weight is 300 g/mol. The van der Waals surface area contributed by atoms with Crippen LogP contribution < -0.4 is 5.32 Å². The largest absolute Gasteiger partial charge is 0.481 e. The van der Waals surface area contributed by atoms with E-state index >= 15 is 0 Å². The molecule has 0 bridgehead atoms. The number of allylic oxidation sites excluding steroid dienone is 1. The standard InChI is InChI=1S/C17H20N2O3/c1-5-12-9(2)15(19-17(12)22)8-14-10(3)13(11(4)18-14)6-7-16(20)21/h5,8,18H,1,6-7H2,2-4H3,(H,19,22)(H,20,21)/b15-8-. The Morgan fingerprint density at radius 2 is 2.00 bits per heavy atom. The van der Waals surface area contributed by atoms with Gasteiger partial charge in [0.25, 0.3) is 5.91 Å². The molecule has 0 unspecified atom stereocenters. The van der Waals surface area contributed by atoms with Gasteiger partial charge in [0.2, 0.25) is 0 Å². The van der Waals surface area contributed by atoms with Crippen molar-refractivity contribution in [1.82, 2.24) is 10.3 Å². The van der Waals surface area contributed by atoms with Gasteiger partial charge in [0, 0.05) is 29.1 Å². The molecule has 5 heteroatoms. The van der Waals surface area contributed by atoms with Gasteiger partial charge in [-0.15, -0.1) is 0 Å². The van der Waals surface area contributed by atoms with Crippen LogP contribution in [0.15, 0.2) is 29.5 Å². The summed E-state index contributed by atoms with van der Waals surface area (Å²) in [7, 11) is 0. The molecule has 1 aromatic rings. The molecule has 116 valence electrons. The molecule has 5 nitrogen and oxygen atoms in total. The zero-order chi connectivity index (χ0) is 16.4. The zero-order valence-electron chi connectivity index (χ0n) is 13.0. The second kappa shape index (κ2) is 6.05. The van der Waals surface area contributed by atoms with Crippen molar-refractivity contribution >= 4 is 18.0 Å². The number of amides is 1. The van der Waals surface area contributed by atoms with Gasteiger partial charge in [-0.3, -0.25) is 9.59 Å². The van der Waals surface area contributed by atoms with Crippen molar-refractivity contribution in [3.05, 3.63) is 52.0 Å². The van der Waals surface area contributed by atoms with Crippen LogP contribution in [0.4, 0.5) is 0 Å². The van der Waals surface area contributed by atoms with Gasteiger partial charge >= 0.3 is 5.97 Å². The van der Waals surface area contributed by atoms with E-state index in [1.807, 2.05) is 26.8 Å². The normalized spacial score (nSPS) is 16.3. The summed E-state index contributed by atoms with van der Waals surface area (Å²) in [5.41, 5.74) is 6.06. The second-order valence-electron chi connectivity index (χ2n) is 5.42. The lowest BCUT2D eigenvalue weighted by atomic mass is 10.0. The smallest absolute Gasteiger partial charge is 0.303 e. The number of aromatic amines is 1. The summed E-state index contributed by atoms with van der Waals surface area (Å²) < 4.78 is 0. The van der Waals surface area contributed by atoms with Crippen LogP contribution in [-0.2, 0) is 16.0 Å².